The predicted molar refractivity (Wildman–Crippen MR) is 147 cm³/mol. The maximum absolute atomic E-state index is 12.9. The highest BCUT2D eigenvalue weighted by atomic mass is 19.4. The first-order chi connectivity index (χ1) is 19.2. The number of benzene rings is 2. The van der Waals surface area contributed by atoms with Gasteiger partial charge < -0.3 is 20.8 Å². The molecule has 0 radical (unpaired) electrons. The van der Waals surface area contributed by atoms with Gasteiger partial charge in [-0.15, -0.1) is 0 Å². The van der Waals surface area contributed by atoms with Crippen molar-refractivity contribution in [3.63, 3.8) is 0 Å². The van der Waals surface area contributed by atoms with Crippen LogP contribution in [-0.2, 0) is 16.1 Å². The summed E-state index contributed by atoms with van der Waals surface area (Å²) in [5, 5.41) is 17.5. The summed E-state index contributed by atoms with van der Waals surface area (Å²) in [5.74, 6) is -2.90. The molecule has 8 nitrogen and oxygen atoms in total. The number of carboxylic acids is 1. The second-order valence-corrected chi connectivity index (χ2v) is 11.2. The molecular weight excluding hydrogens is 539 g/mol. The maximum atomic E-state index is 12.9. The number of hydrogen-bond acceptors (Lipinski definition) is 5. The summed E-state index contributed by atoms with van der Waals surface area (Å²) < 4.78 is 31.7. The molecule has 2 saturated heterocycles. The van der Waals surface area contributed by atoms with Crippen molar-refractivity contribution in [3.8, 4) is 0 Å². The Kier molecular flexibility index (Phi) is 10.5. The molecule has 4 rings (SSSR count). The van der Waals surface area contributed by atoms with Gasteiger partial charge in [-0.1, -0.05) is 42.5 Å². The molecule has 2 aliphatic rings. The monoisotopic (exact) mass is 577 g/mol. The van der Waals surface area contributed by atoms with Crippen LogP contribution < -0.4 is 5.73 Å². The lowest BCUT2D eigenvalue weighted by molar-refractivity contribution is -0.192. The molecule has 2 aromatic carbocycles. The molecule has 41 heavy (non-hydrogen) atoms. The summed E-state index contributed by atoms with van der Waals surface area (Å²) in [7, 11) is 0. The molecule has 224 valence electrons. The number of primary amides is 1. The lowest BCUT2D eigenvalue weighted by atomic mass is 9.84. The van der Waals surface area contributed by atoms with Gasteiger partial charge in [-0.05, 0) is 75.1 Å². The van der Waals surface area contributed by atoms with E-state index >= 15 is 0 Å². The lowest BCUT2D eigenvalue weighted by Gasteiger charge is -2.39. The molecule has 11 heteroatoms. The molecule has 0 saturated carbocycles. The van der Waals surface area contributed by atoms with Crippen molar-refractivity contribution < 1.29 is 37.8 Å². The van der Waals surface area contributed by atoms with E-state index in [1.807, 2.05) is 42.5 Å². The second kappa shape index (κ2) is 13.5. The van der Waals surface area contributed by atoms with Crippen LogP contribution in [0.2, 0.25) is 0 Å². The molecule has 2 fully saturated rings. The molecule has 1 unspecified atom stereocenters. The number of carboxylic acid groups (broad SMARTS) is 1. The zero-order valence-corrected chi connectivity index (χ0v) is 23.3. The molecule has 2 aromatic rings. The minimum atomic E-state index is -5.08. The van der Waals surface area contributed by atoms with E-state index in [-0.39, 0.29) is 11.8 Å². The fraction of sp³-hybridized carbons (Fsp3) is 0.500. The van der Waals surface area contributed by atoms with Crippen LogP contribution in [0.5, 0.6) is 0 Å². The van der Waals surface area contributed by atoms with Crippen LogP contribution in [0.4, 0.5) is 13.2 Å². The van der Waals surface area contributed by atoms with Crippen LogP contribution in [0.1, 0.15) is 73.4 Å². The van der Waals surface area contributed by atoms with E-state index in [0.717, 1.165) is 31.4 Å². The highest BCUT2D eigenvalue weighted by Gasteiger charge is 2.41. The number of rotatable bonds is 9. The molecule has 0 aliphatic carbocycles. The molecule has 2 heterocycles. The van der Waals surface area contributed by atoms with Crippen LogP contribution in [0.15, 0.2) is 54.6 Å². The van der Waals surface area contributed by atoms with Crippen molar-refractivity contribution in [1.82, 2.24) is 9.80 Å². The topological polar surface area (TPSA) is 124 Å². The molecule has 2 amide bonds. The fourth-order valence-corrected chi connectivity index (χ4v) is 5.74. The first-order valence-electron chi connectivity index (χ1n) is 13.7. The summed E-state index contributed by atoms with van der Waals surface area (Å²) in [6.07, 6.45) is 0.383. The lowest BCUT2D eigenvalue weighted by Crippen LogP contribution is -2.47. The fourth-order valence-electron chi connectivity index (χ4n) is 5.74. The van der Waals surface area contributed by atoms with Crippen LogP contribution in [0.25, 0.3) is 0 Å². The van der Waals surface area contributed by atoms with Gasteiger partial charge in [0, 0.05) is 37.3 Å². The minimum Gasteiger partial charge on any atom is -0.475 e. The highest BCUT2D eigenvalue weighted by molar-refractivity contribution is 5.92. The average Bonchev–Trinajstić information content (AvgIpc) is 3.13. The van der Waals surface area contributed by atoms with Gasteiger partial charge in [0.2, 0.25) is 5.91 Å². The van der Waals surface area contributed by atoms with Crippen LogP contribution in [-0.4, -0.2) is 74.7 Å². The van der Waals surface area contributed by atoms with Gasteiger partial charge in [0.05, 0.1) is 0 Å². The van der Waals surface area contributed by atoms with Crippen molar-refractivity contribution in [2.45, 2.75) is 82.3 Å². The summed E-state index contributed by atoms with van der Waals surface area (Å²) in [5.41, 5.74) is 6.98. The van der Waals surface area contributed by atoms with E-state index in [1.165, 1.54) is 18.4 Å². The van der Waals surface area contributed by atoms with E-state index in [4.69, 9.17) is 15.6 Å². The third-order valence-corrected chi connectivity index (χ3v) is 7.64. The van der Waals surface area contributed by atoms with Gasteiger partial charge in [-0.3, -0.25) is 14.5 Å². The quantitative estimate of drug-likeness (QED) is 0.408. The molecular formula is C30H38F3N3O5. The van der Waals surface area contributed by atoms with E-state index in [1.54, 1.807) is 24.8 Å². The summed E-state index contributed by atoms with van der Waals surface area (Å²) in [6, 6.07) is 18.8. The Balaban J connectivity index is 0.000000587. The van der Waals surface area contributed by atoms with E-state index in [2.05, 4.69) is 11.0 Å². The largest absolute Gasteiger partial charge is 0.490 e. The van der Waals surface area contributed by atoms with Crippen LogP contribution in [0.3, 0.4) is 0 Å². The maximum Gasteiger partial charge on any atom is 0.490 e. The van der Waals surface area contributed by atoms with Crippen molar-refractivity contribution in [2.75, 3.05) is 13.1 Å². The number of aliphatic carboxylic acids is 1. The zero-order valence-electron chi connectivity index (χ0n) is 23.3. The molecule has 0 aromatic heterocycles. The van der Waals surface area contributed by atoms with Gasteiger partial charge in [-0.2, -0.15) is 13.2 Å². The second-order valence-electron chi connectivity index (χ2n) is 11.2. The Hall–Kier alpha value is -3.44. The number of piperidine rings is 1. The van der Waals surface area contributed by atoms with E-state index in [9.17, 15) is 27.9 Å². The Morgan fingerprint density at radius 1 is 1.00 bits per heavy atom. The van der Waals surface area contributed by atoms with Gasteiger partial charge in [0.15, 0.2) is 0 Å². The molecule has 4 N–H and O–H groups in total. The first kappa shape index (κ1) is 32.1. The molecule has 2 bridgehead atoms. The van der Waals surface area contributed by atoms with Crippen molar-refractivity contribution in [3.05, 3.63) is 71.3 Å². The van der Waals surface area contributed by atoms with Gasteiger partial charge in [0.25, 0.3) is 5.91 Å². The predicted octanol–water partition coefficient (Wildman–Crippen LogP) is 4.32. The number of carbonyl (C=O) groups is 3. The van der Waals surface area contributed by atoms with Gasteiger partial charge in [-0.25, -0.2) is 4.79 Å². The minimum absolute atomic E-state index is 0.229. The molecule has 2 aliphatic heterocycles. The highest BCUT2D eigenvalue weighted by Crippen LogP contribution is 2.43. The van der Waals surface area contributed by atoms with Crippen molar-refractivity contribution >= 4 is 17.8 Å². The molecule has 3 atom stereocenters. The number of carbonyl (C=O) groups excluding carboxylic acids is 2. The van der Waals surface area contributed by atoms with Crippen molar-refractivity contribution in [1.29, 1.82) is 0 Å². The summed E-state index contributed by atoms with van der Waals surface area (Å²) >= 11 is 0. The summed E-state index contributed by atoms with van der Waals surface area (Å²) in [6.45, 7) is 5.21. The third kappa shape index (κ3) is 9.02. The third-order valence-electron chi connectivity index (χ3n) is 7.64. The van der Waals surface area contributed by atoms with Crippen LogP contribution in [0, 0.1) is 0 Å². The Morgan fingerprint density at radius 2 is 1.59 bits per heavy atom. The number of nitrogens with two attached hydrogens (primary N) is 1. The van der Waals surface area contributed by atoms with E-state index in [0.29, 0.717) is 36.7 Å². The average molecular weight is 578 g/mol. The number of nitrogens with zero attached hydrogens (tertiary/aromatic N) is 2. The number of aliphatic hydroxyl groups is 1. The number of halogens is 3. The number of alkyl halides is 3. The number of hydrogen-bond donors (Lipinski definition) is 3. The first-order valence-corrected chi connectivity index (χ1v) is 13.7. The Bertz CT molecular complexity index is 1190. The molecule has 0 spiro atoms. The summed E-state index contributed by atoms with van der Waals surface area (Å²) in [4.78, 5) is 37.8. The Labute approximate surface area is 237 Å². The van der Waals surface area contributed by atoms with Gasteiger partial charge >= 0.3 is 12.1 Å². The number of amides is 2. The van der Waals surface area contributed by atoms with Crippen molar-refractivity contribution in [2.24, 2.45) is 5.73 Å². The standard InChI is InChI=1S/C28H37N3O3.C2HF3O2/c1-28(2,34)27(33)30(19-20-8-4-3-5-9-20)14-7-15-31-24-12-13-25(31)18-23(17-24)21-10-6-11-22(16-21)26(29)32;3-2(4,5)1(6)7/h3-6,8-11,16,23-25,34H,7,12-15,17-19H2,1-2H3,(H2,29,32);(H,6,7)/t23?,24-,25+;. The van der Waals surface area contributed by atoms with Gasteiger partial charge in [0.1, 0.15) is 5.60 Å². The normalized spacial score (nSPS) is 20.6. The smallest absolute Gasteiger partial charge is 0.475 e. The number of fused-ring (bicyclic) bond motifs is 2. The SMILES string of the molecule is CC(C)(O)C(=O)N(CCCN1[C@@H]2CC[C@H]1CC(c1cccc(C(N)=O)c1)C2)Cc1ccccc1.O=C(O)C(F)(F)F. The Morgan fingerprint density at radius 3 is 2.10 bits per heavy atom. The van der Waals surface area contributed by atoms with Crippen LogP contribution >= 0.6 is 0 Å². The van der Waals surface area contributed by atoms with E-state index < -0.39 is 17.7 Å². The zero-order chi connectivity index (χ0) is 30.4.